The molecule has 0 aliphatic carbocycles. The fraction of sp³-hybridized carbons (Fsp3) is 0.400. The van der Waals surface area contributed by atoms with Gasteiger partial charge in [-0.05, 0) is 26.8 Å². The van der Waals surface area contributed by atoms with Crippen LogP contribution in [0.4, 0.5) is 0 Å². The van der Waals surface area contributed by atoms with Crippen LogP contribution in [-0.4, -0.2) is 18.5 Å². The fourth-order valence-electron chi connectivity index (χ4n) is 0.807. The minimum absolute atomic E-state index is 0.897. The molecule has 0 saturated heterocycles. The monoisotopic (exact) mass is 164 g/mol. The Balaban J connectivity index is 4.71. The number of aliphatic imine (C=N–C) groups is 2. The maximum Gasteiger partial charge on any atom is 0.0782 e. The van der Waals surface area contributed by atoms with Crippen molar-refractivity contribution in [2.24, 2.45) is 9.98 Å². The number of rotatable bonds is 3. The molecule has 0 amide bonds. The minimum Gasteiger partial charge on any atom is -0.287 e. The van der Waals surface area contributed by atoms with Crippen LogP contribution in [0.1, 0.15) is 20.8 Å². The molecule has 0 aromatic rings. The van der Waals surface area contributed by atoms with Gasteiger partial charge in [-0.1, -0.05) is 12.2 Å². The molecule has 0 aliphatic heterocycles. The summed E-state index contributed by atoms with van der Waals surface area (Å²) in [6.45, 7) is 9.52. The first-order valence-electron chi connectivity index (χ1n) is 3.89. The molecule has 2 nitrogen and oxygen atoms in total. The molecule has 0 heterocycles. The zero-order chi connectivity index (χ0) is 9.56. The Morgan fingerprint density at radius 2 is 1.83 bits per heavy atom. The van der Waals surface area contributed by atoms with Gasteiger partial charge in [-0.3, -0.25) is 9.98 Å². The standard InChI is InChI=1S/C10H16N2/c1-6-12-9(4)10(11-5)7-8(2)3/h6-7H,1H2,2-5H3. The molecule has 0 fully saturated rings. The average Bonchev–Trinajstić information content (AvgIpc) is 2.00. The molecule has 0 atom stereocenters. The maximum absolute atomic E-state index is 4.11. The van der Waals surface area contributed by atoms with E-state index in [1.54, 1.807) is 7.05 Å². The van der Waals surface area contributed by atoms with E-state index in [0.29, 0.717) is 0 Å². The van der Waals surface area contributed by atoms with Crippen LogP contribution < -0.4 is 0 Å². The van der Waals surface area contributed by atoms with Crippen molar-refractivity contribution < 1.29 is 0 Å². The second kappa shape index (κ2) is 5.47. The van der Waals surface area contributed by atoms with Crippen LogP contribution in [0, 0.1) is 0 Å². The van der Waals surface area contributed by atoms with E-state index in [0.717, 1.165) is 11.4 Å². The molecule has 66 valence electrons. The first kappa shape index (κ1) is 10.8. The quantitative estimate of drug-likeness (QED) is 0.573. The Morgan fingerprint density at radius 3 is 2.17 bits per heavy atom. The van der Waals surface area contributed by atoms with Crippen LogP contribution in [0.3, 0.4) is 0 Å². The molecule has 0 radical (unpaired) electrons. The largest absolute Gasteiger partial charge is 0.287 e. The molecule has 0 bridgehead atoms. The summed E-state index contributed by atoms with van der Waals surface area (Å²) in [6.07, 6.45) is 3.53. The van der Waals surface area contributed by atoms with Crippen LogP contribution in [0.5, 0.6) is 0 Å². The fourth-order valence-corrected chi connectivity index (χ4v) is 0.807. The highest BCUT2D eigenvalue weighted by molar-refractivity contribution is 6.45. The lowest BCUT2D eigenvalue weighted by molar-refractivity contribution is 1.38. The second-order valence-electron chi connectivity index (χ2n) is 2.73. The Labute approximate surface area is 74.4 Å². The molecule has 0 aromatic carbocycles. The van der Waals surface area contributed by atoms with Gasteiger partial charge in [0.15, 0.2) is 0 Å². The lowest BCUT2D eigenvalue weighted by Gasteiger charge is -1.98. The van der Waals surface area contributed by atoms with Gasteiger partial charge in [-0.15, -0.1) is 0 Å². The average molecular weight is 164 g/mol. The third-order valence-electron chi connectivity index (χ3n) is 1.32. The molecule has 2 heteroatoms. The lowest BCUT2D eigenvalue weighted by atomic mass is 10.2. The summed E-state index contributed by atoms with van der Waals surface area (Å²) in [5.74, 6) is 0. The van der Waals surface area contributed by atoms with Crippen molar-refractivity contribution in [3.63, 3.8) is 0 Å². The van der Waals surface area contributed by atoms with Crippen molar-refractivity contribution in [2.75, 3.05) is 7.05 Å². The highest BCUT2D eigenvalue weighted by atomic mass is 14.8. The van der Waals surface area contributed by atoms with Crippen LogP contribution >= 0.6 is 0 Å². The van der Waals surface area contributed by atoms with E-state index >= 15 is 0 Å². The third kappa shape index (κ3) is 3.86. The van der Waals surface area contributed by atoms with E-state index in [1.165, 1.54) is 11.8 Å². The highest BCUT2D eigenvalue weighted by Crippen LogP contribution is 1.94. The van der Waals surface area contributed by atoms with E-state index < -0.39 is 0 Å². The van der Waals surface area contributed by atoms with Crippen LogP contribution in [0.15, 0.2) is 34.4 Å². The minimum atomic E-state index is 0.897. The predicted molar refractivity (Wildman–Crippen MR) is 56.1 cm³/mol. The van der Waals surface area contributed by atoms with Gasteiger partial charge in [-0.25, -0.2) is 0 Å². The Hall–Kier alpha value is -1.18. The van der Waals surface area contributed by atoms with Gasteiger partial charge in [0.25, 0.3) is 0 Å². The topological polar surface area (TPSA) is 24.7 Å². The van der Waals surface area contributed by atoms with Gasteiger partial charge < -0.3 is 0 Å². The first-order chi connectivity index (χ1) is 5.61. The van der Waals surface area contributed by atoms with E-state index in [2.05, 4.69) is 16.6 Å². The molecule has 0 saturated carbocycles. The van der Waals surface area contributed by atoms with E-state index in [4.69, 9.17) is 0 Å². The van der Waals surface area contributed by atoms with Gasteiger partial charge in [0, 0.05) is 13.2 Å². The second-order valence-corrected chi connectivity index (χ2v) is 2.73. The molecular formula is C10H16N2. The highest BCUT2D eigenvalue weighted by Gasteiger charge is 1.96. The number of allylic oxidation sites excluding steroid dienone is 2. The zero-order valence-corrected chi connectivity index (χ0v) is 8.26. The SMILES string of the molecule is C=CN=C(C)C(C=C(C)C)=NC. The molecule has 0 rings (SSSR count). The Bertz CT molecular complexity index is 241. The van der Waals surface area contributed by atoms with Gasteiger partial charge in [0.2, 0.25) is 0 Å². The number of nitrogens with zero attached hydrogens (tertiary/aromatic N) is 2. The summed E-state index contributed by atoms with van der Waals surface area (Å²) < 4.78 is 0. The molecule has 0 unspecified atom stereocenters. The van der Waals surface area contributed by atoms with Crippen molar-refractivity contribution in [1.82, 2.24) is 0 Å². The van der Waals surface area contributed by atoms with Gasteiger partial charge >= 0.3 is 0 Å². The van der Waals surface area contributed by atoms with Crippen LogP contribution in [-0.2, 0) is 0 Å². The van der Waals surface area contributed by atoms with Crippen molar-refractivity contribution >= 4 is 11.4 Å². The number of hydrogen-bond acceptors (Lipinski definition) is 2. The third-order valence-corrected chi connectivity index (χ3v) is 1.32. The molecule has 0 aromatic heterocycles. The maximum atomic E-state index is 4.11. The summed E-state index contributed by atoms with van der Waals surface area (Å²) in [5.41, 5.74) is 3.03. The van der Waals surface area contributed by atoms with Crippen molar-refractivity contribution in [3.8, 4) is 0 Å². The molecular weight excluding hydrogens is 148 g/mol. The Morgan fingerprint density at radius 1 is 1.25 bits per heavy atom. The predicted octanol–water partition coefficient (Wildman–Crippen LogP) is 2.63. The molecule has 0 N–H and O–H groups in total. The smallest absolute Gasteiger partial charge is 0.0782 e. The van der Waals surface area contributed by atoms with Crippen molar-refractivity contribution in [3.05, 3.63) is 24.4 Å². The summed E-state index contributed by atoms with van der Waals surface area (Å²) >= 11 is 0. The molecule has 0 aliphatic rings. The number of hydrogen-bond donors (Lipinski definition) is 0. The van der Waals surface area contributed by atoms with Crippen molar-refractivity contribution in [2.45, 2.75) is 20.8 Å². The van der Waals surface area contributed by atoms with Gasteiger partial charge in [0.1, 0.15) is 0 Å². The summed E-state index contributed by atoms with van der Waals surface area (Å²) in [5, 5.41) is 0. The van der Waals surface area contributed by atoms with Crippen LogP contribution in [0.25, 0.3) is 0 Å². The molecule has 12 heavy (non-hydrogen) atoms. The van der Waals surface area contributed by atoms with Crippen LogP contribution in [0.2, 0.25) is 0 Å². The van der Waals surface area contributed by atoms with Gasteiger partial charge in [0.05, 0.1) is 11.4 Å². The van der Waals surface area contributed by atoms with E-state index in [9.17, 15) is 0 Å². The van der Waals surface area contributed by atoms with Gasteiger partial charge in [-0.2, -0.15) is 0 Å². The van der Waals surface area contributed by atoms with Crippen molar-refractivity contribution in [1.29, 1.82) is 0 Å². The molecule has 0 spiro atoms. The van der Waals surface area contributed by atoms with E-state index in [-0.39, 0.29) is 0 Å². The van der Waals surface area contributed by atoms with E-state index in [1.807, 2.05) is 26.8 Å². The zero-order valence-electron chi connectivity index (χ0n) is 8.26. The summed E-state index contributed by atoms with van der Waals surface area (Å²) in [4.78, 5) is 8.16. The summed E-state index contributed by atoms with van der Waals surface area (Å²) in [7, 11) is 1.76. The summed E-state index contributed by atoms with van der Waals surface area (Å²) in [6, 6.07) is 0. The lowest BCUT2D eigenvalue weighted by Crippen LogP contribution is -2.07. The normalized spacial score (nSPS) is 12.7. The first-order valence-corrected chi connectivity index (χ1v) is 3.89. The Kier molecular flexibility index (Phi) is 4.93.